The Hall–Kier alpha value is -2.57. The summed E-state index contributed by atoms with van der Waals surface area (Å²) in [6.07, 6.45) is 5.16. The number of fused-ring (bicyclic) bond motifs is 1. The van der Waals surface area contributed by atoms with Crippen LogP contribution in [0.1, 0.15) is 37.8 Å². The third-order valence-corrected chi connectivity index (χ3v) is 6.07. The first-order valence-electron chi connectivity index (χ1n) is 11.2. The number of anilines is 2. The molecule has 0 aliphatic carbocycles. The number of hydrogen-bond donors (Lipinski definition) is 2. The van der Waals surface area contributed by atoms with Crippen molar-refractivity contribution in [2.45, 2.75) is 33.1 Å². The van der Waals surface area contributed by atoms with E-state index in [2.05, 4.69) is 71.6 Å². The Balaban J connectivity index is 1.55. The summed E-state index contributed by atoms with van der Waals surface area (Å²) >= 11 is 5.82. The van der Waals surface area contributed by atoms with E-state index in [9.17, 15) is 0 Å². The average Bonchev–Trinajstić information content (AvgIpc) is 3.21. The summed E-state index contributed by atoms with van der Waals surface area (Å²) in [7, 11) is 0. The molecular formula is C25H31N3O2S. The molecule has 0 spiro atoms. The first-order chi connectivity index (χ1) is 15.2. The molecule has 0 bridgehead atoms. The molecule has 1 aliphatic rings. The highest BCUT2D eigenvalue weighted by atomic mass is 32.1. The summed E-state index contributed by atoms with van der Waals surface area (Å²) in [4.78, 5) is 6.39. The van der Waals surface area contributed by atoms with E-state index in [-0.39, 0.29) is 0 Å². The SMILES string of the molecule is CCCCOc1cc2[nH]cc(CC)c2cc1C(=S)Nc1ccc(N2CCOCC2)cc1. The minimum atomic E-state index is 0.677. The van der Waals surface area contributed by atoms with Gasteiger partial charge in [-0.15, -0.1) is 0 Å². The van der Waals surface area contributed by atoms with Gasteiger partial charge in [0.2, 0.25) is 0 Å². The zero-order valence-corrected chi connectivity index (χ0v) is 19.2. The standard InChI is InChI=1S/C25H31N3O2S/c1-3-5-12-30-24-16-23-21(18(4-2)17-26-23)15-22(24)25(31)27-19-6-8-20(9-7-19)28-10-13-29-14-11-28/h6-9,15-17,26H,3-5,10-14H2,1-2H3,(H,27,31). The van der Waals surface area contributed by atoms with Crippen molar-refractivity contribution in [3.05, 3.63) is 53.7 Å². The molecule has 0 amide bonds. The predicted molar refractivity (Wildman–Crippen MR) is 133 cm³/mol. The van der Waals surface area contributed by atoms with Gasteiger partial charge in [-0.25, -0.2) is 0 Å². The molecule has 4 rings (SSSR count). The molecule has 1 aliphatic heterocycles. The number of unbranched alkanes of at least 4 members (excludes halogenated alkanes) is 1. The molecule has 0 saturated carbocycles. The van der Waals surface area contributed by atoms with Crippen LogP contribution in [0.4, 0.5) is 11.4 Å². The second-order valence-electron chi connectivity index (χ2n) is 7.86. The van der Waals surface area contributed by atoms with Crippen LogP contribution >= 0.6 is 12.2 Å². The van der Waals surface area contributed by atoms with Crippen molar-refractivity contribution in [2.24, 2.45) is 0 Å². The van der Waals surface area contributed by atoms with Gasteiger partial charge < -0.3 is 24.7 Å². The van der Waals surface area contributed by atoms with Gasteiger partial charge in [0.15, 0.2) is 0 Å². The molecule has 1 fully saturated rings. The van der Waals surface area contributed by atoms with E-state index in [1.165, 1.54) is 16.6 Å². The Morgan fingerprint density at radius 2 is 1.94 bits per heavy atom. The predicted octanol–water partition coefficient (Wildman–Crippen LogP) is 5.53. The number of nitrogens with zero attached hydrogens (tertiary/aromatic N) is 1. The highest BCUT2D eigenvalue weighted by Crippen LogP contribution is 2.30. The quantitative estimate of drug-likeness (QED) is 0.358. The van der Waals surface area contributed by atoms with E-state index in [0.717, 1.165) is 68.1 Å². The van der Waals surface area contributed by atoms with E-state index in [0.29, 0.717) is 11.6 Å². The number of aryl methyl sites for hydroxylation is 1. The van der Waals surface area contributed by atoms with E-state index < -0.39 is 0 Å². The van der Waals surface area contributed by atoms with Gasteiger partial charge in [0.1, 0.15) is 10.7 Å². The molecule has 2 N–H and O–H groups in total. The van der Waals surface area contributed by atoms with Crippen LogP contribution in [0.25, 0.3) is 10.9 Å². The van der Waals surface area contributed by atoms with Crippen LogP contribution in [0.2, 0.25) is 0 Å². The molecule has 5 nitrogen and oxygen atoms in total. The second kappa shape index (κ2) is 10.2. The maximum atomic E-state index is 6.12. The number of aromatic amines is 1. The fraction of sp³-hybridized carbons (Fsp3) is 0.400. The largest absolute Gasteiger partial charge is 0.493 e. The average molecular weight is 438 g/mol. The van der Waals surface area contributed by atoms with Crippen LogP contribution < -0.4 is 15.0 Å². The lowest BCUT2D eigenvalue weighted by Crippen LogP contribution is -2.36. The molecule has 164 valence electrons. The molecular weight excluding hydrogens is 406 g/mol. The van der Waals surface area contributed by atoms with Gasteiger partial charge in [-0.05, 0) is 48.7 Å². The summed E-state index contributed by atoms with van der Waals surface area (Å²) in [6, 6.07) is 12.7. The number of aromatic nitrogens is 1. The number of nitrogens with one attached hydrogen (secondary N) is 2. The normalized spacial score (nSPS) is 14.1. The Labute approximate surface area is 189 Å². The van der Waals surface area contributed by atoms with E-state index in [4.69, 9.17) is 21.7 Å². The van der Waals surface area contributed by atoms with Crippen molar-refractivity contribution in [3.8, 4) is 5.75 Å². The second-order valence-corrected chi connectivity index (χ2v) is 8.27. The summed E-state index contributed by atoms with van der Waals surface area (Å²) in [5, 5.41) is 4.61. The Morgan fingerprint density at radius 1 is 1.16 bits per heavy atom. The van der Waals surface area contributed by atoms with Crippen LogP contribution in [0.15, 0.2) is 42.6 Å². The van der Waals surface area contributed by atoms with Crippen LogP contribution in [0, 0.1) is 0 Å². The summed E-state index contributed by atoms with van der Waals surface area (Å²) < 4.78 is 11.6. The van der Waals surface area contributed by atoms with Crippen LogP contribution in [0.5, 0.6) is 5.75 Å². The monoisotopic (exact) mass is 437 g/mol. The summed E-state index contributed by atoms with van der Waals surface area (Å²) in [5.41, 5.74) is 5.50. The number of morpholine rings is 1. The molecule has 6 heteroatoms. The Morgan fingerprint density at radius 3 is 2.65 bits per heavy atom. The molecule has 3 aromatic rings. The van der Waals surface area contributed by atoms with Crippen molar-refractivity contribution in [1.29, 1.82) is 0 Å². The van der Waals surface area contributed by atoms with Gasteiger partial charge in [-0.3, -0.25) is 0 Å². The minimum Gasteiger partial charge on any atom is -0.493 e. The van der Waals surface area contributed by atoms with Crippen molar-refractivity contribution >= 4 is 39.5 Å². The number of rotatable bonds is 8. The summed E-state index contributed by atoms with van der Waals surface area (Å²) in [6.45, 7) is 8.45. The first kappa shape index (κ1) is 21.7. The minimum absolute atomic E-state index is 0.677. The zero-order chi connectivity index (χ0) is 21.6. The lowest BCUT2D eigenvalue weighted by Gasteiger charge is -2.29. The zero-order valence-electron chi connectivity index (χ0n) is 18.4. The smallest absolute Gasteiger partial charge is 0.131 e. The van der Waals surface area contributed by atoms with Gasteiger partial charge in [0.25, 0.3) is 0 Å². The number of thiocarbonyl (C=S) groups is 1. The van der Waals surface area contributed by atoms with Crippen LogP contribution in [-0.2, 0) is 11.2 Å². The highest BCUT2D eigenvalue weighted by Gasteiger charge is 2.15. The number of H-pyrrole nitrogens is 1. The first-order valence-corrected chi connectivity index (χ1v) is 11.6. The number of benzene rings is 2. The van der Waals surface area contributed by atoms with Crippen molar-refractivity contribution in [2.75, 3.05) is 43.1 Å². The van der Waals surface area contributed by atoms with Crippen LogP contribution in [-0.4, -0.2) is 42.9 Å². The van der Waals surface area contributed by atoms with Gasteiger partial charge in [0, 0.05) is 47.6 Å². The molecule has 1 aromatic heterocycles. The molecule has 0 radical (unpaired) electrons. The van der Waals surface area contributed by atoms with Gasteiger partial charge in [-0.2, -0.15) is 0 Å². The molecule has 2 aromatic carbocycles. The lowest BCUT2D eigenvalue weighted by atomic mass is 10.1. The lowest BCUT2D eigenvalue weighted by molar-refractivity contribution is 0.122. The third kappa shape index (κ3) is 5.02. The number of hydrogen-bond acceptors (Lipinski definition) is 4. The van der Waals surface area contributed by atoms with Gasteiger partial charge in [0.05, 0.1) is 25.4 Å². The van der Waals surface area contributed by atoms with Gasteiger partial charge >= 0.3 is 0 Å². The van der Waals surface area contributed by atoms with Crippen LogP contribution in [0.3, 0.4) is 0 Å². The third-order valence-electron chi connectivity index (χ3n) is 5.75. The van der Waals surface area contributed by atoms with Crippen molar-refractivity contribution < 1.29 is 9.47 Å². The molecule has 0 atom stereocenters. The fourth-order valence-electron chi connectivity index (χ4n) is 3.90. The van der Waals surface area contributed by atoms with Gasteiger partial charge in [-0.1, -0.05) is 32.5 Å². The summed E-state index contributed by atoms with van der Waals surface area (Å²) in [5.74, 6) is 0.827. The molecule has 1 saturated heterocycles. The number of ether oxygens (including phenoxy) is 2. The van der Waals surface area contributed by atoms with Crippen molar-refractivity contribution in [3.63, 3.8) is 0 Å². The molecule has 0 unspecified atom stereocenters. The maximum absolute atomic E-state index is 6.12. The Bertz CT molecular complexity index is 1020. The highest BCUT2D eigenvalue weighted by molar-refractivity contribution is 7.81. The molecule has 2 heterocycles. The fourth-order valence-corrected chi connectivity index (χ4v) is 4.18. The van der Waals surface area contributed by atoms with E-state index in [1.54, 1.807) is 0 Å². The topological polar surface area (TPSA) is 49.5 Å². The van der Waals surface area contributed by atoms with E-state index in [1.807, 2.05) is 0 Å². The van der Waals surface area contributed by atoms with E-state index >= 15 is 0 Å². The maximum Gasteiger partial charge on any atom is 0.131 e. The molecule has 31 heavy (non-hydrogen) atoms. The Kier molecular flexibility index (Phi) is 7.10. The van der Waals surface area contributed by atoms with Crippen molar-refractivity contribution in [1.82, 2.24) is 4.98 Å².